The van der Waals surface area contributed by atoms with Gasteiger partial charge in [0.1, 0.15) is 12.3 Å². The topological polar surface area (TPSA) is 101 Å². The van der Waals surface area contributed by atoms with Crippen molar-refractivity contribution in [3.8, 4) is 0 Å². The Balaban J connectivity index is 1.97. The first-order chi connectivity index (χ1) is 11.2. The molecule has 0 aliphatic heterocycles. The number of hydrogen-bond donors (Lipinski definition) is 2. The molecule has 2 aromatic rings. The second-order valence-corrected chi connectivity index (χ2v) is 5.01. The molecule has 0 bridgehead atoms. The summed E-state index contributed by atoms with van der Waals surface area (Å²) in [5, 5.41) is 16.8. The lowest BCUT2D eigenvalue weighted by molar-refractivity contribution is -0.129. The average molecular weight is 331 g/mol. The molecular formula is C15H13N3O4S. The molecule has 0 unspecified atom stereocenters. The van der Waals surface area contributed by atoms with Crippen molar-refractivity contribution in [2.75, 3.05) is 11.9 Å². The number of nitrogens with zero attached hydrogens (tertiary/aromatic N) is 2. The minimum atomic E-state index is -1.26. The van der Waals surface area contributed by atoms with Crippen LogP contribution in [0.2, 0.25) is 0 Å². The molecule has 1 aromatic carbocycles. The van der Waals surface area contributed by atoms with Crippen LogP contribution in [0, 0.1) is 0 Å². The number of amides is 1. The summed E-state index contributed by atoms with van der Waals surface area (Å²) in [6, 6.07) is 9.60. The number of thiazole rings is 1. The SMILES string of the molecule is O=CNc1nc(C(=NOCC=Cc2ccccc2)C(=O)O)cs1. The van der Waals surface area contributed by atoms with Crippen molar-refractivity contribution in [3.63, 3.8) is 0 Å². The number of carbonyl (C=O) groups excluding carboxylic acids is 1. The third kappa shape index (κ3) is 5.04. The summed E-state index contributed by atoms with van der Waals surface area (Å²) in [5.74, 6) is -1.26. The molecule has 7 nitrogen and oxygen atoms in total. The van der Waals surface area contributed by atoms with Crippen molar-refractivity contribution in [3.05, 3.63) is 53.0 Å². The summed E-state index contributed by atoms with van der Waals surface area (Å²) in [6.45, 7) is 0.120. The number of aromatic nitrogens is 1. The second-order valence-electron chi connectivity index (χ2n) is 4.15. The summed E-state index contributed by atoms with van der Waals surface area (Å²) in [5.41, 5.74) is 0.801. The number of hydrogen-bond acceptors (Lipinski definition) is 6. The zero-order valence-corrected chi connectivity index (χ0v) is 12.7. The van der Waals surface area contributed by atoms with E-state index in [0.29, 0.717) is 6.41 Å². The van der Waals surface area contributed by atoms with Gasteiger partial charge in [-0.15, -0.1) is 11.3 Å². The Hall–Kier alpha value is -3.00. The van der Waals surface area contributed by atoms with E-state index in [-0.39, 0.29) is 23.1 Å². The van der Waals surface area contributed by atoms with Crippen LogP contribution < -0.4 is 5.32 Å². The summed E-state index contributed by atoms with van der Waals surface area (Å²) >= 11 is 1.09. The molecule has 23 heavy (non-hydrogen) atoms. The van der Waals surface area contributed by atoms with Gasteiger partial charge in [-0.25, -0.2) is 9.78 Å². The molecule has 8 heteroatoms. The Morgan fingerprint density at radius 2 is 2.17 bits per heavy atom. The standard InChI is InChI=1S/C15H13N3O4S/c19-10-16-15-17-12(9-23-15)13(14(20)21)18-22-8-4-7-11-5-2-1-3-6-11/h1-7,9-10H,8H2,(H,20,21)(H,16,17,19). The van der Waals surface area contributed by atoms with E-state index in [1.807, 2.05) is 36.4 Å². The van der Waals surface area contributed by atoms with Crippen molar-refractivity contribution in [1.29, 1.82) is 0 Å². The lowest BCUT2D eigenvalue weighted by atomic mass is 10.2. The number of aliphatic carboxylic acids is 1. The maximum Gasteiger partial charge on any atom is 0.360 e. The molecule has 0 fully saturated rings. The predicted octanol–water partition coefficient (Wildman–Crippen LogP) is 2.23. The van der Waals surface area contributed by atoms with Gasteiger partial charge in [0.2, 0.25) is 12.1 Å². The smallest absolute Gasteiger partial charge is 0.360 e. The van der Waals surface area contributed by atoms with Crippen molar-refractivity contribution >= 4 is 40.6 Å². The number of carboxylic acids is 1. The fraction of sp³-hybridized carbons (Fsp3) is 0.0667. The van der Waals surface area contributed by atoms with Gasteiger partial charge in [0, 0.05) is 5.38 Å². The number of anilines is 1. The molecule has 1 amide bonds. The molecule has 1 aromatic heterocycles. The Bertz CT molecular complexity index is 725. The van der Waals surface area contributed by atoms with E-state index in [4.69, 9.17) is 9.94 Å². The number of nitrogens with one attached hydrogen (secondary N) is 1. The van der Waals surface area contributed by atoms with Crippen molar-refractivity contribution in [2.45, 2.75) is 0 Å². The van der Waals surface area contributed by atoms with E-state index in [2.05, 4.69) is 15.5 Å². The van der Waals surface area contributed by atoms with Gasteiger partial charge in [0.25, 0.3) is 0 Å². The number of carboxylic acid groups (broad SMARTS) is 1. The predicted molar refractivity (Wildman–Crippen MR) is 87.4 cm³/mol. The molecule has 1 heterocycles. The lowest BCUT2D eigenvalue weighted by Crippen LogP contribution is -2.15. The first-order valence-electron chi connectivity index (χ1n) is 6.51. The van der Waals surface area contributed by atoms with Crippen molar-refractivity contribution in [2.24, 2.45) is 5.16 Å². The van der Waals surface area contributed by atoms with E-state index in [1.54, 1.807) is 6.08 Å². The van der Waals surface area contributed by atoms with Crippen molar-refractivity contribution < 1.29 is 19.5 Å². The number of oxime groups is 1. The molecule has 0 saturated heterocycles. The average Bonchev–Trinajstić information content (AvgIpc) is 3.00. The molecule has 0 atom stereocenters. The van der Waals surface area contributed by atoms with Crippen LogP contribution in [0.1, 0.15) is 11.3 Å². The molecule has 2 rings (SSSR count). The molecule has 0 aliphatic rings. The molecule has 0 aliphatic carbocycles. The molecule has 118 valence electrons. The molecule has 2 N–H and O–H groups in total. The van der Waals surface area contributed by atoms with E-state index in [0.717, 1.165) is 16.9 Å². The highest BCUT2D eigenvalue weighted by molar-refractivity contribution is 7.14. The Morgan fingerprint density at radius 3 is 2.87 bits per heavy atom. The van der Waals surface area contributed by atoms with E-state index in [9.17, 15) is 9.59 Å². The van der Waals surface area contributed by atoms with Gasteiger partial charge in [-0.1, -0.05) is 41.6 Å². The van der Waals surface area contributed by atoms with Gasteiger partial charge in [-0.2, -0.15) is 0 Å². The van der Waals surface area contributed by atoms with E-state index < -0.39 is 5.97 Å². The summed E-state index contributed by atoms with van der Waals surface area (Å²) in [6.07, 6.45) is 4.02. The first-order valence-corrected chi connectivity index (χ1v) is 7.39. The van der Waals surface area contributed by atoms with Crippen LogP contribution in [0.5, 0.6) is 0 Å². The number of benzene rings is 1. The van der Waals surface area contributed by atoms with Crippen LogP contribution in [0.25, 0.3) is 6.08 Å². The van der Waals surface area contributed by atoms with E-state index >= 15 is 0 Å². The Kier molecular flexibility index (Phi) is 6.01. The zero-order valence-electron chi connectivity index (χ0n) is 11.9. The summed E-state index contributed by atoms with van der Waals surface area (Å²) < 4.78 is 0. The first kappa shape index (κ1) is 16.4. The van der Waals surface area contributed by atoms with Gasteiger partial charge in [-0.3, -0.25) is 4.79 Å². The Labute approximate surface area is 135 Å². The summed E-state index contributed by atoms with van der Waals surface area (Å²) in [7, 11) is 0. The van der Waals surface area contributed by atoms with Gasteiger partial charge in [-0.05, 0) is 11.6 Å². The van der Waals surface area contributed by atoms with Gasteiger partial charge < -0.3 is 15.3 Å². The van der Waals surface area contributed by atoms with Gasteiger partial charge in [0.05, 0.1) is 0 Å². The van der Waals surface area contributed by atoms with Gasteiger partial charge >= 0.3 is 5.97 Å². The lowest BCUT2D eigenvalue weighted by Gasteiger charge is -1.98. The maximum absolute atomic E-state index is 11.2. The number of rotatable bonds is 8. The molecule has 0 saturated carbocycles. The maximum atomic E-state index is 11.2. The highest BCUT2D eigenvalue weighted by Crippen LogP contribution is 2.15. The fourth-order valence-electron chi connectivity index (χ4n) is 1.59. The van der Waals surface area contributed by atoms with Gasteiger partial charge in [0.15, 0.2) is 5.13 Å². The van der Waals surface area contributed by atoms with Crippen LogP contribution in [0.15, 0.2) is 46.9 Å². The fourth-order valence-corrected chi connectivity index (χ4v) is 2.24. The van der Waals surface area contributed by atoms with Crippen molar-refractivity contribution in [1.82, 2.24) is 4.98 Å². The molecule has 0 radical (unpaired) electrons. The second kappa shape index (κ2) is 8.44. The third-order valence-corrected chi connectivity index (χ3v) is 3.34. The number of carbonyl (C=O) groups is 2. The minimum absolute atomic E-state index is 0.120. The molecular weight excluding hydrogens is 318 g/mol. The molecule has 0 spiro atoms. The van der Waals surface area contributed by atoms with Crippen LogP contribution in [-0.2, 0) is 14.4 Å². The van der Waals surface area contributed by atoms with Crippen LogP contribution in [0.4, 0.5) is 5.13 Å². The van der Waals surface area contributed by atoms with Crippen LogP contribution in [0.3, 0.4) is 0 Å². The quantitative estimate of drug-likeness (QED) is 0.334. The van der Waals surface area contributed by atoms with Crippen LogP contribution in [-0.4, -0.2) is 34.8 Å². The monoisotopic (exact) mass is 331 g/mol. The zero-order chi connectivity index (χ0) is 16.5. The van der Waals surface area contributed by atoms with E-state index in [1.165, 1.54) is 5.38 Å². The summed E-state index contributed by atoms with van der Waals surface area (Å²) in [4.78, 5) is 30.5. The van der Waals surface area contributed by atoms with Crippen LogP contribution >= 0.6 is 11.3 Å². The highest BCUT2D eigenvalue weighted by Gasteiger charge is 2.17. The Morgan fingerprint density at radius 1 is 1.39 bits per heavy atom. The highest BCUT2D eigenvalue weighted by atomic mass is 32.1. The minimum Gasteiger partial charge on any atom is -0.476 e. The third-order valence-electron chi connectivity index (χ3n) is 2.57. The largest absolute Gasteiger partial charge is 0.476 e. The normalized spacial score (nSPS) is 11.4.